The molecule has 0 atom stereocenters. The second-order valence-electron chi connectivity index (χ2n) is 5.30. The van der Waals surface area contributed by atoms with Crippen molar-refractivity contribution in [1.29, 1.82) is 0 Å². The molecule has 0 aliphatic carbocycles. The molecule has 1 aliphatic rings. The molecule has 114 valence electrons. The molecule has 0 unspecified atom stereocenters. The van der Waals surface area contributed by atoms with Gasteiger partial charge in [-0.3, -0.25) is 9.78 Å². The van der Waals surface area contributed by atoms with Crippen LogP contribution in [-0.2, 0) is 4.74 Å². The van der Waals surface area contributed by atoms with Crippen LogP contribution in [0, 0.1) is 6.92 Å². The fourth-order valence-electron chi connectivity index (χ4n) is 2.59. The van der Waals surface area contributed by atoms with Crippen LogP contribution in [0.3, 0.4) is 0 Å². The number of nitrogens with zero attached hydrogens (tertiary/aromatic N) is 2. The molecule has 0 radical (unpaired) electrons. The number of hydrogen-bond donors (Lipinski definition) is 1. The predicted molar refractivity (Wildman–Crippen MR) is 86.4 cm³/mol. The Balaban J connectivity index is 1.73. The van der Waals surface area contributed by atoms with Crippen LogP contribution in [0.4, 0.5) is 11.4 Å². The number of aromatic nitrogens is 1. The van der Waals surface area contributed by atoms with Gasteiger partial charge >= 0.3 is 0 Å². The highest BCUT2D eigenvalue weighted by Gasteiger charge is 2.14. The standard InChI is InChI=1S/C17H19N3O2/c1-13-11-15(19-17(21)14-3-2-6-18-12-14)4-5-16(13)20-7-9-22-10-8-20/h2-6,11-12H,7-10H2,1H3,(H,19,21). The van der Waals surface area contributed by atoms with E-state index in [1.807, 2.05) is 12.1 Å². The van der Waals surface area contributed by atoms with Crippen LogP contribution < -0.4 is 10.2 Å². The molecule has 0 saturated carbocycles. The molecule has 22 heavy (non-hydrogen) atoms. The first-order valence-corrected chi connectivity index (χ1v) is 7.39. The maximum absolute atomic E-state index is 12.1. The highest BCUT2D eigenvalue weighted by Crippen LogP contribution is 2.24. The van der Waals surface area contributed by atoms with Gasteiger partial charge in [0.1, 0.15) is 0 Å². The number of carbonyl (C=O) groups is 1. The maximum Gasteiger partial charge on any atom is 0.257 e. The van der Waals surface area contributed by atoms with Crippen LogP contribution in [0.1, 0.15) is 15.9 Å². The Morgan fingerprint density at radius 1 is 1.27 bits per heavy atom. The lowest BCUT2D eigenvalue weighted by Gasteiger charge is -2.30. The van der Waals surface area contributed by atoms with Crippen molar-refractivity contribution in [2.75, 3.05) is 36.5 Å². The fourth-order valence-corrected chi connectivity index (χ4v) is 2.59. The average Bonchev–Trinajstić information content (AvgIpc) is 2.56. The topological polar surface area (TPSA) is 54.5 Å². The van der Waals surface area contributed by atoms with E-state index in [0.717, 1.165) is 37.6 Å². The second kappa shape index (κ2) is 6.58. The van der Waals surface area contributed by atoms with E-state index >= 15 is 0 Å². The number of amides is 1. The van der Waals surface area contributed by atoms with Crippen molar-refractivity contribution in [3.8, 4) is 0 Å². The monoisotopic (exact) mass is 297 g/mol. The van der Waals surface area contributed by atoms with Gasteiger partial charge in [-0.25, -0.2) is 0 Å². The van der Waals surface area contributed by atoms with Gasteiger partial charge in [-0.05, 0) is 42.8 Å². The zero-order chi connectivity index (χ0) is 15.4. The van der Waals surface area contributed by atoms with Crippen LogP contribution in [0.25, 0.3) is 0 Å². The zero-order valence-corrected chi connectivity index (χ0v) is 12.6. The van der Waals surface area contributed by atoms with Gasteiger partial charge < -0.3 is 15.0 Å². The van der Waals surface area contributed by atoms with Crippen LogP contribution >= 0.6 is 0 Å². The minimum atomic E-state index is -0.147. The third-order valence-electron chi connectivity index (χ3n) is 3.73. The van der Waals surface area contributed by atoms with Gasteiger partial charge in [0.05, 0.1) is 18.8 Å². The Kier molecular flexibility index (Phi) is 4.34. The molecular weight excluding hydrogens is 278 g/mol. The Labute approximate surface area is 129 Å². The lowest BCUT2D eigenvalue weighted by molar-refractivity contribution is 0.102. The van der Waals surface area contributed by atoms with Gasteiger partial charge in [0.25, 0.3) is 5.91 Å². The van der Waals surface area contributed by atoms with E-state index in [0.29, 0.717) is 5.56 Å². The van der Waals surface area contributed by atoms with Crippen LogP contribution in [0.5, 0.6) is 0 Å². The van der Waals surface area contributed by atoms with Crippen LogP contribution in [-0.4, -0.2) is 37.2 Å². The third kappa shape index (κ3) is 3.26. The Morgan fingerprint density at radius 2 is 2.09 bits per heavy atom. The van der Waals surface area contributed by atoms with Crippen molar-refractivity contribution in [2.45, 2.75) is 6.92 Å². The van der Waals surface area contributed by atoms with E-state index < -0.39 is 0 Å². The third-order valence-corrected chi connectivity index (χ3v) is 3.73. The number of anilines is 2. The summed E-state index contributed by atoms with van der Waals surface area (Å²) in [4.78, 5) is 18.4. The number of rotatable bonds is 3. The molecule has 1 N–H and O–H groups in total. The number of ether oxygens (including phenoxy) is 1. The van der Waals surface area contributed by atoms with Gasteiger partial charge in [-0.2, -0.15) is 0 Å². The lowest BCUT2D eigenvalue weighted by Crippen LogP contribution is -2.36. The SMILES string of the molecule is Cc1cc(NC(=O)c2cccnc2)ccc1N1CCOCC1. The van der Waals surface area contributed by atoms with Gasteiger partial charge in [-0.1, -0.05) is 0 Å². The smallest absolute Gasteiger partial charge is 0.257 e. The van der Waals surface area contributed by atoms with Crippen molar-refractivity contribution >= 4 is 17.3 Å². The Hall–Kier alpha value is -2.40. The molecule has 0 bridgehead atoms. The predicted octanol–water partition coefficient (Wildman–Crippen LogP) is 2.48. The van der Waals surface area contributed by atoms with E-state index in [2.05, 4.69) is 28.2 Å². The first kappa shape index (κ1) is 14.5. The molecule has 5 nitrogen and oxygen atoms in total. The number of nitrogens with one attached hydrogen (secondary N) is 1. The average molecular weight is 297 g/mol. The summed E-state index contributed by atoms with van der Waals surface area (Å²) in [5, 5.41) is 2.91. The van der Waals surface area contributed by atoms with E-state index in [1.165, 1.54) is 5.69 Å². The molecule has 1 aliphatic heterocycles. The van der Waals surface area contributed by atoms with Crippen LogP contribution in [0.2, 0.25) is 0 Å². The van der Waals surface area contributed by atoms with E-state index in [9.17, 15) is 4.79 Å². The quantitative estimate of drug-likeness (QED) is 0.945. The second-order valence-corrected chi connectivity index (χ2v) is 5.30. The zero-order valence-electron chi connectivity index (χ0n) is 12.6. The Bertz CT molecular complexity index is 652. The van der Waals surface area contributed by atoms with Gasteiger partial charge in [0.15, 0.2) is 0 Å². The molecule has 1 amide bonds. The normalized spacial score (nSPS) is 14.7. The number of benzene rings is 1. The lowest BCUT2D eigenvalue weighted by atomic mass is 10.1. The van der Waals surface area contributed by atoms with Gasteiger partial charge in [0, 0.05) is 36.9 Å². The fraction of sp³-hybridized carbons (Fsp3) is 0.294. The summed E-state index contributed by atoms with van der Waals surface area (Å²) in [6, 6.07) is 9.49. The Morgan fingerprint density at radius 3 is 2.77 bits per heavy atom. The molecule has 2 aromatic rings. The van der Waals surface area contributed by atoms with Crippen molar-refractivity contribution in [3.63, 3.8) is 0 Å². The molecule has 1 aromatic heterocycles. The summed E-state index contributed by atoms with van der Waals surface area (Å²) in [7, 11) is 0. The number of aryl methyl sites for hydroxylation is 1. The van der Waals surface area contributed by atoms with Gasteiger partial charge in [-0.15, -0.1) is 0 Å². The minimum Gasteiger partial charge on any atom is -0.378 e. The van der Waals surface area contributed by atoms with E-state index in [4.69, 9.17) is 4.74 Å². The van der Waals surface area contributed by atoms with Crippen molar-refractivity contribution in [2.24, 2.45) is 0 Å². The van der Waals surface area contributed by atoms with Gasteiger partial charge in [0.2, 0.25) is 0 Å². The van der Waals surface area contributed by atoms with Crippen LogP contribution in [0.15, 0.2) is 42.7 Å². The highest BCUT2D eigenvalue weighted by molar-refractivity contribution is 6.04. The number of hydrogen-bond acceptors (Lipinski definition) is 4. The molecule has 3 rings (SSSR count). The molecule has 5 heteroatoms. The number of morpholine rings is 1. The molecule has 1 saturated heterocycles. The van der Waals surface area contributed by atoms with Crippen molar-refractivity contribution in [3.05, 3.63) is 53.9 Å². The van der Waals surface area contributed by atoms with Crippen molar-refractivity contribution < 1.29 is 9.53 Å². The highest BCUT2D eigenvalue weighted by atomic mass is 16.5. The molecule has 1 fully saturated rings. The first-order chi connectivity index (χ1) is 10.7. The molecular formula is C17H19N3O2. The van der Waals surface area contributed by atoms with E-state index in [-0.39, 0.29) is 5.91 Å². The summed E-state index contributed by atoms with van der Waals surface area (Å²) < 4.78 is 5.38. The summed E-state index contributed by atoms with van der Waals surface area (Å²) >= 11 is 0. The number of pyridine rings is 1. The van der Waals surface area contributed by atoms with Crippen molar-refractivity contribution in [1.82, 2.24) is 4.98 Å². The molecule has 1 aromatic carbocycles. The minimum absolute atomic E-state index is 0.147. The summed E-state index contributed by atoms with van der Waals surface area (Å²) in [6.07, 6.45) is 3.21. The largest absolute Gasteiger partial charge is 0.378 e. The molecule has 0 spiro atoms. The molecule has 2 heterocycles. The summed E-state index contributed by atoms with van der Waals surface area (Å²) in [6.45, 7) is 5.40. The maximum atomic E-state index is 12.1. The van der Waals surface area contributed by atoms with E-state index in [1.54, 1.807) is 24.5 Å². The number of carbonyl (C=O) groups excluding carboxylic acids is 1. The summed E-state index contributed by atoms with van der Waals surface area (Å²) in [5.74, 6) is -0.147. The summed E-state index contributed by atoms with van der Waals surface area (Å²) in [5.41, 5.74) is 3.69. The first-order valence-electron chi connectivity index (χ1n) is 7.39.